The number of thiazole rings is 1. The molecule has 0 unspecified atom stereocenters. The van der Waals surface area contributed by atoms with Crippen LogP contribution in [0.2, 0.25) is 0 Å². The van der Waals surface area contributed by atoms with E-state index in [-0.39, 0.29) is 17.8 Å². The summed E-state index contributed by atoms with van der Waals surface area (Å²) in [6, 6.07) is 0.353. The van der Waals surface area contributed by atoms with Gasteiger partial charge in [-0.25, -0.2) is 4.98 Å². The molecule has 0 aliphatic carbocycles. The minimum atomic E-state index is 0. The van der Waals surface area contributed by atoms with E-state index in [1.165, 1.54) is 22.7 Å². The maximum absolute atomic E-state index is 5.99. The summed E-state index contributed by atoms with van der Waals surface area (Å²) in [6.45, 7) is 9.86. The van der Waals surface area contributed by atoms with Gasteiger partial charge in [0.05, 0.1) is 6.54 Å². The number of piperidine rings is 1. The maximum atomic E-state index is 5.99. The van der Waals surface area contributed by atoms with Gasteiger partial charge < -0.3 is 5.73 Å². The van der Waals surface area contributed by atoms with Crippen molar-refractivity contribution < 1.29 is 0 Å². The average molecular weight is 290 g/mol. The van der Waals surface area contributed by atoms with E-state index in [1.54, 1.807) is 0 Å². The fourth-order valence-corrected chi connectivity index (χ4v) is 3.17. The summed E-state index contributed by atoms with van der Waals surface area (Å²) in [5.41, 5.74) is 6.21. The topological polar surface area (TPSA) is 42.2 Å². The second-order valence-corrected chi connectivity index (χ2v) is 7.12. The minimum Gasteiger partial charge on any atom is -0.327 e. The molecule has 1 aliphatic heterocycles. The highest BCUT2D eigenvalue weighted by atomic mass is 35.5. The van der Waals surface area contributed by atoms with Gasteiger partial charge in [0.2, 0.25) is 0 Å². The first-order valence-electron chi connectivity index (χ1n) is 6.38. The Morgan fingerprint density at radius 2 is 2.22 bits per heavy atom. The Kier molecular flexibility index (Phi) is 5.59. The third-order valence-electron chi connectivity index (χ3n) is 3.19. The van der Waals surface area contributed by atoms with E-state index in [2.05, 4.69) is 30.7 Å². The van der Waals surface area contributed by atoms with Crippen molar-refractivity contribution in [2.24, 2.45) is 5.73 Å². The lowest BCUT2D eigenvalue weighted by atomic mass is 9.96. The Labute approximate surface area is 120 Å². The Bertz CT molecular complexity index is 373. The van der Waals surface area contributed by atoms with E-state index in [1.807, 2.05) is 17.5 Å². The van der Waals surface area contributed by atoms with Crippen LogP contribution in [0.15, 0.2) is 6.20 Å². The van der Waals surface area contributed by atoms with Gasteiger partial charge >= 0.3 is 0 Å². The van der Waals surface area contributed by atoms with Crippen LogP contribution in [-0.4, -0.2) is 29.0 Å². The highest BCUT2D eigenvalue weighted by Crippen LogP contribution is 2.28. The molecule has 1 aliphatic rings. The summed E-state index contributed by atoms with van der Waals surface area (Å²) in [6.07, 6.45) is 4.42. The number of likely N-dealkylation sites (tertiary alicyclic amines) is 1. The van der Waals surface area contributed by atoms with Crippen molar-refractivity contribution in [1.82, 2.24) is 9.88 Å². The van der Waals surface area contributed by atoms with E-state index < -0.39 is 0 Å². The Hall–Kier alpha value is -0.160. The molecule has 104 valence electrons. The molecule has 18 heavy (non-hydrogen) atoms. The second-order valence-electron chi connectivity index (χ2n) is 6.01. The van der Waals surface area contributed by atoms with Crippen molar-refractivity contribution in [3.05, 3.63) is 16.1 Å². The van der Waals surface area contributed by atoms with Gasteiger partial charge in [0.15, 0.2) is 0 Å². The summed E-state index contributed by atoms with van der Waals surface area (Å²) in [7, 11) is 0. The molecule has 0 saturated carbocycles. The number of halogens is 1. The fraction of sp³-hybridized carbons (Fsp3) is 0.769. The average Bonchev–Trinajstić information content (AvgIpc) is 2.65. The number of nitrogens with two attached hydrogens (primary N) is 1. The normalized spacial score (nSPS) is 21.7. The Morgan fingerprint density at radius 1 is 1.50 bits per heavy atom. The van der Waals surface area contributed by atoms with Crippen LogP contribution in [0.5, 0.6) is 0 Å². The molecule has 2 N–H and O–H groups in total. The lowest BCUT2D eigenvalue weighted by Gasteiger charge is -2.29. The van der Waals surface area contributed by atoms with Gasteiger partial charge in [-0.3, -0.25) is 4.90 Å². The standard InChI is InChI=1S/C13H23N3S.ClH/c1-13(2,3)11-7-15-12(17-11)9-16-6-4-5-10(14)8-16;/h7,10H,4-6,8-9,14H2,1-3H3;1H/t10-;/m1./s1. The first-order chi connectivity index (χ1) is 7.95. The van der Waals surface area contributed by atoms with E-state index in [9.17, 15) is 0 Å². The maximum Gasteiger partial charge on any atom is 0.107 e. The molecule has 3 nitrogen and oxygen atoms in total. The molecule has 2 heterocycles. The molecular formula is C13H24ClN3S. The van der Waals surface area contributed by atoms with E-state index in [4.69, 9.17) is 5.73 Å². The molecule has 0 aromatic carbocycles. The molecule has 1 aromatic heterocycles. The predicted molar refractivity (Wildman–Crippen MR) is 80.5 cm³/mol. The van der Waals surface area contributed by atoms with Crippen LogP contribution < -0.4 is 5.73 Å². The smallest absolute Gasteiger partial charge is 0.107 e. The summed E-state index contributed by atoms with van der Waals surface area (Å²) in [4.78, 5) is 8.34. The van der Waals surface area contributed by atoms with Crippen molar-refractivity contribution in [2.75, 3.05) is 13.1 Å². The van der Waals surface area contributed by atoms with Gasteiger partial charge in [-0.1, -0.05) is 20.8 Å². The molecule has 0 spiro atoms. The van der Waals surface area contributed by atoms with E-state index >= 15 is 0 Å². The molecule has 2 rings (SSSR count). The molecule has 5 heteroatoms. The van der Waals surface area contributed by atoms with Crippen LogP contribution in [0.3, 0.4) is 0 Å². The second kappa shape index (κ2) is 6.33. The number of hydrogen-bond acceptors (Lipinski definition) is 4. The summed E-state index contributed by atoms with van der Waals surface area (Å²) < 4.78 is 0. The Balaban J connectivity index is 0.00000162. The Morgan fingerprint density at radius 3 is 2.78 bits per heavy atom. The van der Waals surface area contributed by atoms with Crippen LogP contribution in [0.25, 0.3) is 0 Å². The van der Waals surface area contributed by atoms with Gasteiger partial charge in [0.25, 0.3) is 0 Å². The minimum absolute atomic E-state index is 0. The monoisotopic (exact) mass is 289 g/mol. The molecule has 1 atom stereocenters. The number of nitrogens with zero attached hydrogens (tertiary/aromatic N) is 2. The third-order valence-corrected chi connectivity index (χ3v) is 4.60. The molecule has 0 amide bonds. The van der Waals surface area contributed by atoms with Gasteiger partial charge in [-0.05, 0) is 24.8 Å². The predicted octanol–water partition coefficient (Wildman–Crippen LogP) is 2.79. The lowest BCUT2D eigenvalue weighted by Crippen LogP contribution is -2.42. The molecular weight excluding hydrogens is 266 g/mol. The van der Waals surface area contributed by atoms with Crippen molar-refractivity contribution in [1.29, 1.82) is 0 Å². The molecule has 1 saturated heterocycles. The number of rotatable bonds is 2. The summed E-state index contributed by atoms with van der Waals surface area (Å²) in [5.74, 6) is 0. The van der Waals surface area contributed by atoms with Crippen molar-refractivity contribution in [3.8, 4) is 0 Å². The van der Waals surface area contributed by atoms with Crippen LogP contribution in [-0.2, 0) is 12.0 Å². The molecule has 0 radical (unpaired) electrons. The van der Waals surface area contributed by atoms with Gasteiger partial charge in [-0.2, -0.15) is 0 Å². The van der Waals surface area contributed by atoms with Crippen LogP contribution in [0.4, 0.5) is 0 Å². The molecule has 1 fully saturated rings. The third kappa shape index (κ3) is 4.19. The lowest BCUT2D eigenvalue weighted by molar-refractivity contribution is 0.201. The summed E-state index contributed by atoms with van der Waals surface area (Å²) in [5, 5.41) is 1.23. The summed E-state index contributed by atoms with van der Waals surface area (Å²) >= 11 is 1.84. The van der Waals surface area contributed by atoms with Crippen molar-refractivity contribution >= 4 is 23.7 Å². The first kappa shape index (κ1) is 15.9. The van der Waals surface area contributed by atoms with Gasteiger partial charge in [-0.15, -0.1) is 23.7 Å². The zero-order chi connectivity index (χ0) is 12.5. The van der Waals surface area contributed by atoms with Crippen molar-refractivity contribution in [3.63, 3.8) is 0 Å². The number of aromatic nitrogens is 1. The highest BCUT2D eigenvalue weighted by Gasteiger charge is 2.20. The highest BCUT2D eigenvalue weighted by molar-refractivity contribution is 7.11. The molecule has 1 aromatic rings. The van der Waals surface area contributed by atoms with Crippen LogP contribution >= 0.6 is 23.7 Å². The zero-order valence-corrected chi connectivity index (χ0v) is 13.1. The SMILES string of the molecule is CC(C)(C)c1cnc(CN2CCC[C@@H](N)C2)s1.Cl. The van der Waals surface area contributed by atoms with Crippen LogP contribution in [0, 0.1) is 0 Å². The fourth-order valence-electron chi connectivity index (χ4n) is 2.16. The zero-order valence-electron chi connectivity index (χ0n) is 11.5. The number of hydrogen-bond donors (Lipinski definition) is 1. The van der Waals surface area contributed by atoms with Gasteiger partial charge in [0, 0.05) is 23.7 Å². The quantitative estimate of drug-likeness (QED) is 0.910. The van der Waals surface area contributed by atoms with Gasteiger partial charge in [0.1, 0.15) is 5.01 Å². The first-order valence-corrected chi connectivity index (χ1v) is 7.20. The van der Waals surface area contributed by atoms with Crippen LogP contribution in [0.1, 0.15) is 43.5 Å². The van der Waals surface area contributed by atoms with Crippen molar-refractivity contribution in [2.45, 2.75) is 51.6 Å². The van der Waals surface area contributed by atoms with E-state index in [0.29, 0.717) is 6.04 Å². The largest absolute Gasteiger partial charge is 0.327 e. The van der Waals surface area contributed by atoms with E-state index in [0.717, 1.165) is 19.6 Å². The molecule has 0 bridgehead atoms.